The molecule has 1 aliphatic carbocycles. The first kappa shape index (κ1) is 13.8. The molecule has 3 nitrogen and oxygen atoms in total. The molecule has 1 aromatic heterocycles. The van der Waals surface area contributed by atoms with Crippen molar-refractivity contribution in [1.82, 2.24) is 4.98 Å². The quantitative estimate of drug-likeness (QED) is 0.755. The van der Waals surface area contributed by atoms with E-state index < -0.39 is 0 Å². The third-order valence-corrected chi connectivity index (χ3v) is 3.83. The fourth-order valence-electron chi connectivity index (χ4n) is 2.62. The van der Waals surface area contributed by atoms with Crippen LogP contribution >= 0.6 is 0 Å². The normalized spacial score (nSPS) is 20.0. The summed E-state index contributed by atoms with van der Waals surface area (Å²) < 4.78 is 5.54. The van der Waals surface area contributed by atoms with E-state index >= 15 is 0 Å². The first-order chi connectivity index (χ1) is 10.3. The predicted molar refractivity (Wildman–Crippen MR) is 81.6 cm³/mol. The standard InChI is InChI=1S/C18H19NO2/c1-2-8-21-15-9-14(11-19-12-15)18(20)17-10-16(17)13-6-4-3-5-7-13/h3-7,9,11-12,16-17H,2,8,10H2,1H3. The Labute approximate surface area is 125 Å². The number of pyridine rings is 1. The lowest BCUT2D eigenvalue weighted by atomic mass is 10.0. The van der Waals surface area contributed by atoms with Crippen LogP contribution in [-0.4, -0.2) is 17.4 Å². The van der Waals surface area contributed by atoms with Crippen LogP contribution in [0.2, 0.25) is 0 Å². The molecule has 0 aliphatic heterocycles. The molecule has 1 aliphatic rings. The lowest BCUT2D eigenvalue weighted by Crippen LogP contribution is -2.05. The lowest BCUT2D eigenvalue weighted by molar-refractivity contribution is 0.0964. The molecule has 3 rings (SSSR count). The van der Waals surface area contributed by atoms with E-state index in [1.165, 1.54) is 5.56 Å². The van der Waals surface area contributed by atoms with Crippen LogP contribution in [0, 0.1) is 5.92 Å². The second-order valence-electron chi connectivity index (χ2n) is 5.48. The zero-order valence-corrected chi connectivity index (χ0v) is 12.2. The van der Waals surface area contributed by atoms with Crippen LogP contribution in [0.5, 0.6) is 5.75 Å². The molecule has 0 radical (unpaired) electrons. The summed E-state index contributed by atoms with van der Waals surface area (Å²) in [6.45, 7) is 2.70. The number of benzene rings is 1. The Morgan fingerprint density at radius 2 is 2.10 bits per heavy atom. The highest BCUT2D eigenvalue weighted by atomic mass is 16.5. The zero-order valence-electron chi connectivity index (χ0n) is 12.2. The van der Waals surface area contributed by atoms with Crippen molar-refractivity contribution in [2.75, 3.05) is 6.61 Å². The molecule has 2 aromatic rings. The van der Waals surface area contributed by atoms with E-state index in [0.29, 0.717) is 23.8 Å². The van der Waals surface area contributed by atoms with E-state index in [4.69, 9.17) is 4.74 Å². The fraction of sp³-hybridized carbons (Fsp3) is 0.333. The summed E-state index contributed by atoms with van der Waals surface area (Å²) in [5.41, 5.74) is 1.91. The minimum atomic E-state index is 0.0932. The van der Waals surface area contributed by atoms with Crippen LogP contribution in [0.15, 0.2) is 48.8 Å². The van der Waals surface area contributed by atoms with Crippen molar-refractivity contribution >= 4 is 5.78 Å². The highest BCUT2D eigenvalue weighted by molar-refractivity contribution is 6.00. The molecule has 1 heterocycles. The first-order valence-corrected chi connectivity index (χ1v) is 7.46. The van der Waals surface area contributed by atoms with Crippen molar-refractivity contribution in [2.24, 2.45) is 5.92 Å². The van der Waals surface area contributed by atoms with E-state index in [0.717, 1.165) is 12.8 Å². The van der Waals surface area contributed by atoms with Gasteiger partial charge in [-0.15, -0.1) is 0 Å². The Kier molecular flexibility index (Phi) is 4.00. The number of ketones is 1. The number of hydrogen-bond acceptors (Lipinski definition) is 3. The number of ether oxygens (including phenoxy) is 1. The summed E-state index contributed by atoms with van der Waals surface area (Å²) in [6.07, 6.45) is 5.18. The van der Waals surface area contributed by atoms with Crippen molar-refractivity contribution in [3.05, 3.63) is 59.9 Å². The molecule has 21 heavy (non-hydrogen) atoms. The van der Waals surface area contributed by atoms with Gasteiger partial charge in [0.15, 0.2) is 5.78 Å². The summed E-state index contributed by atoms with van der Waals surface area (Å²) >= 11 is 0. The minimum absolute atomic E-state index is 0.0932. The maximum atomic E-state index is 12.5. The summed E-state index contributed by atoms with van der Waals surface area (Å²) in [5.74, 6) is 1.31. The number of aromatic nitrogens is 1. The average Bonchev–Trinajstić information content (AvgIpc) is 3.34. The molecule has 0 spiro atoms. The van der Waals surface area contributed by atoms with Gasteiger partial charge in [0.2, 0.25) is 0 Å². The number of hydrogen-bond donors (Lipinski definition) is 0. The van der Waals surface area contributed by atoms with Crippen LogP contribution < -0.4 is 4.74 Å². The molecule has 1 aromatic carbocycles. The molecular formula is C18H19NO2. The van der Waals surface area contributed by atoms with E-state index in [-0.39, 0.29) is 11.7 Å². The topological polar surface area (TPSA) is 39.2 Å². The molecule has 0 amide bonds. The molecule has 1 fully saturated rings. The SMILES string of the molecule is CCCOc1cncc(C(=O)C2CC2c2ccccc2)c1. The Morgan fingerprint density at radius 1 is 1.29 bits per heavy atom. The summed E-state index contributed by atoms with van der Waals surface area (Å²) in [6, 6.07) is 12.0. The van der Waals surface area contributed by atoms with Gasteiger partial charge in [0.1, 0.15) is 5.75 Å². The molecule has 0 saturated heterocycles. The van der Waals surface area contributed by atoms with Crippen molar-refractivity contribution in [2.45, 2.75) is 25.7 Å². The van der Waals surface area contributed by atoms with Crippen molar-refractivity contribution in [1.29, 1.82) is 0 Å². The van der Waals surface area contributed by atoms with Crippen molar-refractivity contribution in [3.63, 3.8) is 0 Å². The monoisotopic (exact) mass is 281 g/mol. The molecular weight excluding hydrogens is 262 g/mol. The number of carbonyl (C=O) groups is 1. The first-order valence-electron chi connectivity index (χ1n) is 7.46. The van der Waals surface area contributed by atoms with E-state index in [1.54, 1.807) is 12.4 Å². The second kappa shape index (κ2) is 6.08. The van der Waals surface area contributed by atoms with Crippen LogP contribution in [0.25, 0.3) is 0 Å². The van der Waals surface area contributed by atoms with Gasteiger partial charge in [-0.3, -0.25) is 9.78 Å². The smallest absolute Gasteiger partial charge is 0.168 e. The van der Waals surface area contributed by atoms with Gasteiger partial charge in [0.05, 0.1) is 12.8 Å². The summed E-state index contributed by atoms with van der Waals surface area (Å²) in [5, 5.41) is 0. The number of Topliss-reactive ketones (excluding diaryl/α,β-unsaturated/α-hetero) is 1. The zero-order chi connectivity index (χ0) is 14.7. The summed E-state index contributed by atoms with van der Waals surface area (Å²) in [7, 11) is 0. The predicted octanol–water partition coefficient (Wildman–Crippen LogP) is 3.86. The molecule has 3 heteroatoms. The third-order valence-electron chi connectivity index (χ3n) is 3.83. The molecule has 2 atom stereocenters. The van der Waals surface area contributed by atoms with Crippen molar-refractivity contribution in [3.8, 4) is 5.75 Å². The number of carbonyl (C=O) groups excluding carboxylic acids is 1. The van der Waals surface area contributed by atoms with Crippen LogP contribution in [0.4, 0.5) is 0 Å². The van der Waals surface area contributed by atoms with Crippen molar-refractivity contribution < 1.29 is 9.53 Å². The maximum absolute atomic E-state index is 12.5. The average molecular weight is 281 g/mol. The molecule has 2 unspecified atom stereocenters. The van der Waals surface area contributed by atoms with Gasteiger partial charge >= 0.3 is 0 Å². The Morgan fingerprint density at radius 3 is 2.86 bits per heavy atom. The van der Waals surface area contributed by atoms with Crippen LogP contribution in [0.3, 0.4) is 0 Å². The van der Waals surface area contributed by atoms with E-state index in [9.17, 15) is 4.79 Å². The Bertz CT molecular complexity index is 624. The highest BCUT2D eigenvalue weighted by Gasteiger charge is 2.44. The van der Waals surface area contributed by atoms with Crippen LogP contribution in [-0.2, 0) is 0 Å². The van der Waals surface area contributed by atoms with Gasteiger partial charge in [-0.2, -0.15) is 0 Å². The highest BCUT2D eigenvalue weighted by Crippen LogP contribution is 2.49. The molecule has 1 saturated carbocycles. The number of rotatable bonds is 6. The largest absolute Gasteiger partial charge is 0.492 e. The second-order valence-corrected chi connectivity index (χ2v) is 5.48. The molecule has 0 N–H and O–H groups in total. The maximum Gasteiger partial charge on any atom is 0.168 e. The molecule has 0 bridgehead atoms. The molecule has 108 valence electrons. The third kappa shape index (κ3) is 3.13. The Balaban J connectivity index is 1.69. The van der Waals surface area contributed by atoms with Gasteiger partial charge < -0.3 is 4.74 Å². The number of nitrogens with zero attached hydrogens (tertiary/aromatic N) is 1. The lowest BCUT2D eigenvalue weighted by Gasteiger charge is -2.06. The van der Waals surface area contributed by atoms with Crippen LogP contribution in [0.1, 0.15) is 41.6 Å². The van der Waals surface area contributed by atoms with Gasteiger partial charge in [0, 0.05) is 17.7 Å². The van der Waals surface area contributed by atoms with Gasteiger partial charge in [-0.25, -0.2) is 0 Å². The fourth-order valence-corrected chi connectivity index (χ4v) is 2.62. The van der Waals surface area contributed by atoms with Gasteiger partial charge in [-0.05, 0) is 30.4 Å². The van der Waals surface area contributed by atoms with Gasteiger partial charge in [-0.1, -0.05) is 37.3 Å². The minimum Gasteiger partial charge on any atom is -0.492 e. The summed E-state index contributed by atoms with van der Waals surface area (Å²) in [4.78, 5) is 16.6. The van der Waals surface area contributed by atoms with E-state index in [2.05, 4.69) is 24.0 Å². The van der Waals surface area contributed by atoms with Gasteiger partial charge in [0.25, 0.3) is 0 Å². The van der Waals surface area contributed by atoms with E-state index in [1.807, 2.05) is 24.3 Å². The Hall–Kier alpha value is -2.16.